The van der Waals surface area contributed by atoms with Gasteiger partial charge in [-0.1, -0.05) is 44.2 Å². The van der Waals surface area contributed by atoms with Gasteiger partial charge in [0.1, 0.15) is 0 Å². The lowest BCUT2D eigenvalue weighted by Crippen LogP contribution is -2.30. The Morgan fingerprint density at radius 2 is 1.86 bits per heavy atom. The highest BCUT2D eigenvalue weighted by atomic mass is 16.2. The van der Waals surface area contributed by atoms with Crippen LogP contribution in [-0.2, 0) is 7.05 Å². The van der Waals surface area contributed by atoms with E-state index in [0.717, 1.165) is 12.0 Å². The third-order valence-corrected chi connectivity index (χ3v) is 3.58. The normalized spacial score (nSPS) is 12.2. The highest BCUT2D eigenvalue weighted by Gasteiger charge is 2.17. The summed E-state index contributed by atoms with van der Waals surface area (Å²) in [4.78, 5) is 24.1. The number of rotatable bonds is 5. The number of pyridine rings is 1. The lowest BCUT2D eigenvalue weighted by Gasteiger charge is -2.21. The van der Waals surface area contributed by atoms with E-state index in [4.69, 9.17) is 0 Å². The maximum Gasteiger partial charge on any atom is 0.252 e. The molecule has 1 amide bonds. The molecule has 1 heterocycles. The molecule has 0 saturated carbocycles. The van der Waals surface area contributed by atoms with Crippen molar-refractivity contribution in [3.63, 3.8) is 0 Å². The van der Waals surface area contributed by atoms with E-state index in [2.05, 4.69) is 19.2 Å². The number of hydrogen-bond donors (Lipinski definition) is 1. The minimum Gasteiger partial charge on any atom is -0.345 e. The second-order valence-electron chi connectivity index (χ2n) is 5.93. The van der Waals surface area contributed by atoms with Crippen LogP contribution in [0.3, 0.4) is 0 Å². The van der Waals surface area contributed by atoms with Crippen LogP contribution < -0.4 is 10.9 Å². The Kier molecular flexibility index (Phi) is 5.15. The van der Waals surface area contributed by atoms with Crippen molar-refractivity contribution in [1.29, 1.82) is 0 Å². The number of carbonyl (C=O) groups excluding carboxylic acids is 1. The maximum absolute atomic E-state index is 12.4. The minimum atomic E-state index is -0.216. The van der Waals surface area contributed by atoms with Crippen molar-refractivity contribution in [2.24, 2.45) is 13.0 Å². The first-order chi connectivity index (χ1) is 10.5. The molecule has 1 atom stereocenters. The fraction of sp³-hybridized carbons (Fsp3) is 0.333. The Morgan fingerprint density at radius 3 is 2.45 bits per heavy atom. The molecule has 22 heavy (non-hydrogen) atoms. The second kappa shape index (κ2) is 7.07. The lowest BCUT2D eigenvalue weighted by atomic mass is 9.96. The summed E-state index contributed by atoms with van der Waals surface area (Å²) in [7, 11) is 1.66. The Hall–Kier alpha value is -2.36. The van der Waals surface area contributed by atoms with Crippen molar-refractivity contribution in [1.82, 2.24) is 9.88 Å². The monoisotopic (exact) mass is 298 g/mol. The van der Waals surface area contributed by atoms with E-state index in [9.17, 15) is 9.59 Å². The molecule has 2 rings (SSSR count). The Morgan fingerprint density at radius 1 is 1.18 bits per heavy atom. The largest absolute Gasteiger partial charge is 0.345 e. The van der Waals surface area contributed by atoms with Crippen molar-refractivity contribution in [3.8, 4) is 0 Å². The van der Waals surface area contributed by atoms with Crippen LogP contribution in [0.25, 0.3) is 0 Å². The molecular formula is C18H22N2O2. The number of aromatic nitrogens is 1. The van der Waals surface area contributed by atoms with Gasteiger partial charge < -0.3 is 9.88 Å². The predicted molar refractivity (Wildman–Crippen MR) is 87.8 cm³/mol. The molecule has 0 radical (unpaired) electrons. The third-order valence-electron chi connectivity index (χ3n) is 3.58. The number of aryl methyl sites for hydroxylation is 1. The lowest BCUT2D eigenvalue weighted by molar-refractivity contribution is 0.0931. The molecule has 0 unspecified atom stereocenters. The highest BCUT2D eigenvalue weighted by molar-refractivity contribution is 5.94. The number of benzene rings is 1. The van der Waals surface area contributed by atoms with Gasteiger partial charge in [-0.3, -0.25) is 9.59 Å². The summed E-state index contributed by atoms with van der Waals surface area (Å²) in [5, 5.41) is 3.04. The molecule has 0 aliphatic rings. The fourth-order valence-corrected chi connectivity index (χ4v) is 2.37. The SMILES string of the molecule is CC(C)C[C@@H](NC(=O)c1ccn(C)c(=O)c1)c1ccccc1. The molecule has 0 aliphatic heterocycles. The van der Waals surface area contributed by atoms with Gasteiger partial charge in [0.25, 0.3) is 11.5 Å². The third kappa shape index (κ3) is 4.07. The van der Waals surface area contributed by atoms with Gasteiger partial charge in [0, 0.05) is 24.9 Å². The van der Waals surface area contributed by atoms with E-state index in [1.807, 2.05) is 30.3 Å². The van der Waals surface area contributed by atoms with Crippen LogP contribution in [0.15, 0.2) is 53.5 Å². The molecule has 1 N–H and O–H groups in total. The average Bonchev–Trinajstić information content (AvgIpc) is 2.49. The van der Waals surface area contributed by atoms with Gasteiger partial charge in [-0.25, -0.2) is 0 Å². The molecule has 116 valence electrons. The molecule has 1 aromatic heterocycles. The molecule has 0 fully saturated rings. The zero-order valence-corrected chi connectivity index (χ0v) is 13.2. The van der Waals surface area contributed by atoms with Crippen LogP contribution in [-0.4, -0.2) is 10.5 Å². The first-order valence-corrected chi connectivity index (χ1v) is 7.50. The van der Waals surface area contributed by atoms with Crippen molar-refractivity contribution < 1.29 is 4.79 Å². The Balaban J connectivity index is 2.21. The van der Waals surface area contributed by atoms with Gasteiger partial charge in [0.15, 0.2) is 0 Å². The summed E-state index contributed by atoms with van der Waals surface area (Å²) in [5.74, 6) is 0.237. The van der Waals surface area contributed by atoms with E-state index in [-0.39, 0.29) is 17.5 Å². The quantitative estimate of drug-likeness (QED) is 0.922. The molecule has 4 nitrogen and oxygen atoms in total. The predicted octanol–water partition coefficient (Wildman–Crippen LogP) is 2.90. The van der Waals surface area contributed by atoms with Gasteiger partial charge in [-0.2, -0.15) is 0 Å². The number of nitrogens with zero attached hydrogens (tertiary/aromatic N) is 1. The highest BCUT2D eigenvalue weighted by Crippen LogP contribution is 2.21. The van der Waals surface area contributed by atoms with Crippen LogP contribution >= 0.6 is 0 Å². The van der Waals surface area contributed by atoms with E-state index < -0.39 is 0 Å². The maximum atomic E-state index is 12.4. The van der Waals surface area contributed by atoms with Gasteiger partial charge >= 0.3 is 0 Å². The van der Waals surface area contributed by atoms with Crippen LogP contribution in [0.4, 0.5) is 0 Å². The summed E-state index contributed by atoms with van der Waals surface area (Å²) < 4.78 is 1.44. The summed E-state index contributed by atoms with van der Waals surface area (Å²) in [6.45, 7) is 4.25. The van der Waals surface area contributed by atoms with Crippen molar-refractivity contribution in [2.75, 3.05) is 0 Å². The molecular weight excluding hydrogens is 276 g/mol. The van der Waals surface area contributed by atoms with Crippen LogP contribution in [0, 0.1) is 5.92 Å². The average molecular weight is 298 g/mol. The molecule has 0 saturated heterocycles. The first kappa shape index (κ1) is 16.0. The van der Waals surface area contributed by atoms with Crippen molar-refractivity contribution >= 4 is 5.91 Å². The molecule has 0 bridgehead atoms. The topological polar surface area (TPSA) is 51.1 Å². The Labute approximate surface area is 130 Å². The van der Waals surface area contributed by atoms with E-state index >= 15 is 0 Å². The van der Waals surface area contributed by atoms with Crippen LogP contribution in [0.2, 0.25) is 0 Å². The van der Waals surface area contributed by atoms with Gasteiger partial charge in [0.05, 0.1) is 6.04 Å². The molecule has 0 spiro atoms. The summed E-state index contributed by atoms with van der Waals surface area (Å²) in [6.07, 6.45) is 2.46. The smallest absolute Gasteiger partial charge is 0.252 e. The molecule has 0 aliphatic carbocycles. The van der Waals surface area contributed by atoms with E-state index in [0.29, 0.717) is 11.5 Å². The number of nitrogens with one attached hydrogen (secondary N) is 1. The van der Waals surface area contributed by atoms with Gasteiger partial charge in [-0.05, 0) is 24.0 Å². The zero-order valence-electron chi connectivity index (χ0n) is 13.2. The number of hydrogen-bond acceptors (Lipinski definition) is 2. The minimum absolute atomic E-state index is 0.0576. The van der Waals surface area contributed by atoms with Gasteiger partial charge in [0.2, 0.25) is 0 Å². The Bertz CT molecular complexity index is 690. The number of carbonyl (C=O) groups is 1. The van der Waals surface area contributed by atoms with Crippen molar-refractivity contribution in [3.05, 3.63) is 70.1 Å². The second-order valence-corrected chi connectivity index (χ2v) is 5.93. The standard InChI is InChI=1S/C18H22N2O2/c1-13(2)11-16(14-7-5-4-6-8-14)19-18(22)15-9-10-20(3)17(21)12-15/h4-10,12-13,16H,11H2,1-3H3,(H,19,22)/t16-/m1/s1. The van der Waals surface area contributed by atoms with Crippen LogP contribution in [0.1, 0.15) is 42.2 Å². The van der Waals surface area contributed by atoms with Gasteiger partial charge in [-0.15, -0.1) is 0 Å². The van der Waals surface area contributed by atoms with E-state index in [1.165, 1.54) is 10.6 Å². The van der Waals surface area contributed by atoms with E-state index in [1.54, 1.807) is 19.3 Å². The summed E-state index contributed by atoms with van der Waals surface area (Å²) >= 11 is 0. The number of amides is 1. The van der Waals surface area contributed by atoms with Crippen molar-refractivity contribution in [2.45, 2.75) is 26.3 Å². The fourth-order valence-electron chi connectivity index (χ4n) is 2.37. The molecule has 1 aromatic carbocycles. The zero-order chi connectivity index (χ0) is 16.1. The summed E-state index contributed by atoms with van der Waals surface area (Å²) in [6, 6.07) is 12.9. The summed E-state index contributed by atoms with van der Waals surface area (Å²) in [5.41, 5.74) is 1.29. The molecule has 4 heteroatoms. The van der Waals surface area contributed by atoms with Crippen LogP contribution in [0.5, 0.6) is 0 Å². The first-order valence-electron chi connectivity index (χ1n) is 7.50. The molecule has 2 aromatic rings.